The van der Waals surface area contributed by atoms with Crippen molar-refractivity contribution in [3.8, 4) is 0 Å². The molecule has 2 unspecified atom stereocenters. The van der Waals surface area contributed by atoms with Crippen molar-refractivity contribution in [3.05, 3.63) is 0 Å². The summed E-state index contributed by atoms with van der Waals surface area (Å²) < 4.78 is 5.12. The van der Waals surface area contributed by atoms with Crippen LogP contribution in [0.4, 0.5) is 0 Å². The second-order valence-corrected chi connectivity index (χ2v) is 3.89. The first-order valence-corrected chi connectivity index (χ1v) is 4.43. The zero-order valence-corrected chi connectivity index (χ0v) is 8.53. The van der Waals surface area contributed by atoms with Crippen LogP contribution in [-0.4, -0.2) is 46.8 Å². The molecule has 0 bridgehead atoms. The lowest BCUT2D eigenvalue weighted by Crippen LogP contribution is -2.31. The van der Waals surface area contributed by atoms with Crippen molar-refractivity contribution < 1.29 is 20.1 Å². The van der Waals surface area contributed by atoms with Gasteiger partial charge >= 0.3 is 0 Å². The van der Waals surface area contributed by atoms with Gasteiger partial charge in [0.05, 0.1) is 24.4 Å². The zero-order valence-electron chi connectivity index (χ0n) is 8.53. The first kappa shape index (κ1) is 12.8. The van der Waals surface area contributed by atoms with Crippen LogP contribution in [0.15, 0.2) is 0 Å². The molecule has 2 atom stereocenters. The van der Waals surface area contributed by atoms with Crippen molar-refractivity contribution in [1.82, 2.24) is 0 Å². The first-order chi connectivity index (χ1) is 5.91. The molecule has 3 N–H and O–H groups in total. The Bertz CT molecular complexity index is 136. The van der Waals surface area contributed by atoms with E-state index >= 15 is 0 Å². The molecule has 0 aliphatic rings. The van der Waals surface area contributed by atoms with Crippen LogP contribution in [0, 0.1) is 0 Å². The number of ether oxygens (including phenoxy) is 1. The van der Waals surface area contributed by atoms with Gasteiger partial charge in [0.15, 0.2) is 0 Å². The minimum Gasteiger partial charge on any atom is -0.394 e. The lowest BCUT2D eigenvalue weighted by Gasteiger charge is -2.26. The zero-order chi connectivity index (χ0) is 10.5. The monoisotopic (exact) mass is 192 g/mol. The van der Waals surface area contributed by atoms with Crippen molar-refractivity contribution in [1.29, 1.82) is 0 Å². The highest BCUT2D eigenvalue weighted by Gasteiger charge is 2.22. The second-order valence-electron chi connectivity index (χ2n) is 3.89. The maximum Gasteiger partial charge on any atom is 0.0795 e. The van der Waals surface area contributed by atoms with Gasteiger partial charge in [-0.3, -0.25) is 0 Å². The molecular formula is C9H20O4. The molecule has 4 nitrogen and oxygen atoms in total. The van der Waals surface area contributed by atoms with E-state index in [-0.39, 0.29) is 13.0 Å². The summed E-state index contributed by atoms with van der Waals surface area (Å²) in [6, 6.07) is 0. The first-order valence-electron chi connectivity index (χ1n) is 4.43. The summed E-state index contributed by atoms with van der Waals surface area (Å²) in [7, 11) is 1.58. The molecular weight excluding hydrogens is 172 g/mol. The van der Waals surface area contributed by atoms with E-state index in [1.165, 1.54) is 0 Å². The fourth-order valence-electron chi connectivity index (χ4n) is 1.12. The van der Waals surface area contributed by atoms with Gasteiger partial charge in [0.25, 0.3) is 0 Å². The molecule has 0 fully saturated rings. The molecule has 0 spiro atoms. The maximum atomic E-state index is 9.47. The summed E-state index contributed by atoms with van der Waals surface area (Å²) in [5, 5.41) is 27.1. The molecule has 4 heteroatoms. The average molecular weight is 192 g/mol. The largest absolute Gasteiger partial charge is 0.394 e. The third-order valence-corrected chi connectivity index (χ3v) is 2.03. The molecule has 0 heterocycles. The fraction of sp³-hybridized carbons (Fsp3) is 1.00. The van der Waals surface area contributed by atoms with Crippen molar-refractivity contribution in [2.24, 2.45) is 0 Å². The molecule has 0 rings (SSSR count). The minimum atomic E-state index is -0.845. The van der Waals surface area contributed by atoms with Gasteiger partial charge in [-0.25, -0.2) is 0 Å². The Morgan fingerprint density at radius 2 is 1.77 bits per heavy atom. The third kappa shape index (κ3) is 5.99. The highest BCUT2D eigenvalue weighted by atomic mass is 16.5. The Kier molecular flexibility index (Phi) is 5.48. The van der Waals surface area contributed by atoms with Crippen molar-refractivity contribution in [2.45, 2.75) is 44.5 Å². The summed E-state index contributed by atoms with van der Waals surface area (Å²) in [6.07, 6.45) is -0.858. The van der Waals surface area contributed by atoms with Crippen LogP contribution in [0.1, 0.15) is 26.7 Å². The molecule has 0 radical (unpaired) electrons. The Labute approximate surface area is 79.2 Å². The van der Waals surface area contributed by atoms with Gasteiger partial charge in [-0.1, -0.05) is 0 Å². The molecule has 0 saturated heterocycles. The van der Waals surface area contributed by atoms with E-state index in [0.717, 1.165) is 0 Å². The lowest BCUT2D eigenvalue weighted by atomic mass is 9.97. The highest BCUT2D eigenvalue weighted by molar-refractivity contribution is 4.74. The van der Waals surface area contributed by atoms with Crippen LogP contribution >= 0.6 is 0 Å². The molecule has 13 heavy (non-hydrogen) atoms. The van der Waals surface area contributed by atoms with E-state index in [9.17, 15) is 5.11 Å². The van der Waals surface area contributed by atoms with E-state index < -0.39 is 17.8 Å². The molecule has 0 saturated carbocycles. The van der Waals surface area contributed by atoms with Gasteiger partial charge in [0, 0.05) is 20.0 Å². The van der Waals surface area contributed by atoms with Crippen LogP contribution in [0.5, 0.6) is 0 Å². The molecule has 0 amide bonds. The number of aliphatic hydroxyl groups is 3. The maximum absolute atomic E-state index is 9.47. The molecule has 0 aromatic rings. The summed E-state index contributed by atoms with van der Waals surface area (Å²) in [5.41, 5.74) is -0.394. The Morgan fingerprint density at radius 3 is 2.15 bits per heavy atom. The predicted octanol–water partition coefficient (Wildman–Crippen LogP) is -0.0943. The average Bonchev–Trinajstić information content (AvgIpc) is 2.03. The van der Waals surface area contributed by atoms with Crippen molar-refractivity contribution in [3.63, 3.8) is 0 Å². The lowest BCUT2D eigenvalue weighted by molar-refractivity contribution is -0.0354. The summed E-state index contributed by atoms with van der Waals surface area (Å²) in [4.78, 5) is 0. The van der Waals surface area contributed by atoms with Gasteiger partial charge in [0.2, 0.25) is 0 Å². The Morgan fingerprint density at radius 1 is 1.23 bits per heavy atom. The highest BCUT2D eigenvalue weighted by Crippen LogP contribution is 2.17. The quantitative estimate of drug-likeness (QED) is 0.550. The molecule has 0 aliphatic heterocycles. The van der Waals surface area contributed by atoms with Gasteiger partial charge in [-0.05, 0) is 13.8 Å². The Balaban J connectivity index is 3.79. The SMILES string of the molecule is COC(C)(C)CC(O)CC(O)CO. The molecule has 0 aromatic heterocycles. The number of hydrogen-bond acceptors (Lipinski definition) is 4. The number of aliphatic hydroxyl groups excluding tert-OH is 3. The van der Waals surface area contributed by atoms with Gasteiger partial charge in [-0.2, -0.15) is 0 Å². The standard InChI is InChI=1S/C9H20O4/c1-9(2,13-3)5-7(11)4-8(12)6-10/h7-8,10-12H,4-6H2,1-3H3. The van der Waals surface area contributed by atoms with Crippen LogP contribution < -0.4 is 0 Å². The smallest absolute Gasteiger partial charge is 0.0795 e. The summed E-state index contributed by atoms with van der Waals surface area (Å²) in [6.45, 7) is 3.41. The predicted molar refractivity (Wildman–Crippen MR) is 49.4 cm³/mol. The van der Waals surface area contributed by atoms with Crippen molar-refractivity contribution >= 4 is 0 Å². The fourth-order valence-corrected chi connectivity index (χ4v) is 1.12. The normalized spacial score (nSPS) is 17.1. The second kappa shape index (κ2) is 5.54. The van der Waals surface area contributed by atoms with E-state index in [2.05, 4.69) is 0 Å². The van der Waals surface area contributed by atoms with Crippen LogP contribution in [0.2, 0.25) is 0 Å². The van der Waals surface area contributed by atoms with Gasteiger partial charge in [-0.15, -0.1) is 0 Å². The van der Waals surface area contributed by atoms with E-state index in [4.69, 9.17) is 14.9 Å². The molecule has 0 aromatic carbocycles. The van der Waals surface area contributed by atoms with Crippen LogP contribution in [0.25, 0.3) is 0 Å². The van der Waals surface area contributed by atoms with Gasteiger partial charge < -0.3 is 20.1 Å². The summed E-state index contributed by atoms with van der Waals surface area (Å²) in [5.74, 6) is 0. The van der Waals surface area contributed by atoms with Crippen molar-refractivity contribution in [2.75, 3.05) is 13.7 Å². The van der Waals surface area contributed by atoms with Crippen LogP contribution in [0.3, 0.4) is 0 Å². The molecule has 0 aliphatic carbocycles. The topological polar surface area (TPSA) is 69.9 Å². The number of rotatable bonds is 6. The van der Waals surface area contributed by atoms with E-state index in [1.54, 1.807) is 7.11 Å². The summed E-state index contributed by atoms with van der Waals surface area (Å²) >= 11 is 0. The minimum absolute atomic E-state index is 0.184. The Hall–Kier alpha value is -0.160. The van der Waals surface area contributed by atoms with Gasteiger partial charge in [0.1, 0.15) is 0 Å². The third-order valence-electron chi connectivity index (χ3n) is 2.03. The van der Waals surface area contributed by atoms with E-state index in [0.29, 0.717) is 6.42 Å². The van der Waals surface area contributed by atoms with Crippen LogP contribution in [-0.2, 0) is 4.74 Å². The number of hydrogen-bond donors (Lipinski definition) is 3. The van der Waals surface area contributed by atoms with E-state index in [1.807, 2.05) is 13.8 Å². The molecule has 80 valence electrons. The number of methoxy groups -OCH3 is 1.